The van der Waals surface area contributed by atoms with Crippen LogP contribution in [-0.2, 0) is 14.4 Å². The lowest BCUT2D eigenvalue weighted by atomic mass is 9.90. The topological polar surface area (TPSA) is 49.9 Å². The molecular weight excluding hydrogens is 407 g/mol. The summed E-state index contributed by atoms with van der Waals surface area (Å²) in [6, 6.07) is 21.1. The van der Waals surface area contributed by atoms with Crippen LogP contribution in [0.3, 0.4) is 0 Å². The van der Waals surface area contributed by atoms with E-state index in [0.29, 0.717) is 22.0 Å². The molecule has 0 saturated carbocycles. The van der Waals surface area contributed by atoms with Crippen LogP contribution in [-0.4, -0.2) is 17.9 Å². The second kappa shape index (κ2) is 7.23. The Kier molecular flexibility index (Phi) is 4.53. The van der Waals surface area contributed by atoms with Gasteiger partial charge in [-0.1, -0.05) is 54.1 Å². The SMILES string of the molecule is O=C1C2ON(c3ccccc3)C(c3cccc(F)c3)C2C(=O)N1c1ccccc1Cl. The summed E-state index contributed by atoms with van der Waals surface area (Å²) in [5, 5.41) is 1.82. The molecule has 2 saturated heterocycles. The number of amides is 2. The molecule has 3 aromatic carbocycles. The van der Waals surface area contributed by atoms with Gasteiger partial charge in [-0.05, 0) is 42.0 Å². The summed E-state index contributed by atoms with van der Waals surface area (Å²) in [5.41, 5.74) is 1.54. The average molecular weight is 423 g/mol. The number of rotatable bonds is 3. The monoisotopic (exact) mass is 422 g/mol. The van der Waals surface area contributed by atoms with Gasteiger partial charge in [-0.3, -0.25) is 14.4 Å². The van der Waals surface area contributed by atoms with E-state index in [2.05, 4.69) is 0 Å². The van der Waals surface area contributed by atoms with Gasteiger partial charge in [0.15, 0.2) is 6.10 Å². The maximum absolute atomic E-state index is 14.0. The molecule has 2 aliphatic heterocycles. The van der Waals surface area contributed by atoms with Gasteiger partial charge in [0, 0.05) is 0 Å². The largest absolute Gasteiger partial charge is 0.273 e. The highest BCUT2D eigenvalue weighted by Gasteiger charge is 2.60. The number of hydrogen-bond acceptors (Lipinski definition) is 4. The van der Waals surface area contributed by atoms with Gasteiger partial charge >= 0.3 is 0 Å². The Morgan fingerprint density at radius 2 is 1.60 bits per heavy atom. The summed E-state index contributed by atoms with van der Waals surface area (Å²) in [5.74, 6) is -2.18. The Balaban J connectivity index is 1.61. The van der Waals surface area contributed by atoms with Crippen LogP contribution in [0.5, 0.6) is 0 Å². The van der Waals surface area contributed by atoms with E-state index in [4.69, 9.17) is 16.4 Å². The lowest BCUT2D eigenvalue weighted by Gasteiger charge is -2.29. The van der Waals surface area contributed by atoms with E-state index in [1.54, 1.807) is 36.4 Å². The Morgan fingerprint density at radius 3 is 2.33 bits per heavy atom. The molecule has 7 heteroatoms. The molecular formula is C23H16ClFN2O3. The number of nitrogens with zero attached hydrogens (tertiary/aromatic N) is 2. The Morgan fingerprint density at radius 1 is 0.867 bits per heavy atom. The first-order valence-electron chi connectivity index (χ1n) is 9.45. The first-order valence-corrected chi connectivity index (χ1v) is 9.83. The number of benzene rings is 3. The summed E-state index contributed by atoms with van der Waals surface area (Å²) in [6.07, 6.45) is -1.03. The van der Waals surface area contributed by atoms with Crippen LogP contribution in [0.1, 0.15) is 11.6 Å². The molecule has 0 aliphatic carbocycles. The second-order valence-corrected chi connectivity index (χ2v) is 7.58. The van der Waals surface area contributed by atoms with Gasteiger partial charge in [0.1, 0.15) is 11.7 Å². The summed E-state index contributed by atoms with van der Waals surface area (Å²) in [7, 11) is 0. The number of carbonyl (C=O) groups is 2. The highest BCUT2D eigenvalue weighted by Crippen LogP contribution is 2.48. The second-order valence-electron chi connectivity index (χ2n) is 7.18. The number of halogens is 2. The first-order chi connectivity index (χ1) is 14.6. The van der Waals surface area contributed by atoms with Crippen molar-refractivity contribution in [2.24, 2.45) is 5.92 Å². The molecule has 3 atom stereocenters. The minimum Gasteiger partial charge on any atom is -0.273 e. The molecule has 2 heterocycles. The fourth-order valence-electron chi connectivity index (χ4n) is 4.11. The van der Waals surface area contributed by atoms with Gasteiger partial charge in [0.2, 0.25) is 5.91 Å². The fraction of sp³-hybridized carbons (Fsp3) is 0.130. The summed E-state index contributed by atoms with van der Waals surface area (Å²) in [4.78, 5) is 33.7. The van der Waals surface area contributed by atoms with Gasteiger partial charge in [-0.15, -0.1) is 0 Å². The molecule has 0 radical (unpaired) electrons. The first kappa shape index (κ1) is 18.8. The Hall–Kier alpha value is -3.22. The number of hydroxylamine groups is 1. The Labute approximate surface area is 177 Å². The third kappa shape index (κ3) is 2.88. The molecule has 150 valence electrons. The fourth-order valence-corrected chi connectivity index (χ4v) is 4.33. The van der Waals surface area contributed by atoms with Crippen molar-refractivity contribution in [3.63, 3.8) is 0 Å². The number of anilines is 2. The van der Waals surface area contributed by atoms with Gasteiger partial charge in [0.05, 0.1) is 22.4 Å². The van der Waals surface area contributed by atoms with Gasteiger partial charge < -0.3 is 0 Å². The molecule has 3 aromatic rings. The van der Waals surface area contributed by atoms with Crippen LogP contribution in [0.4, 0.5) is 15.8 Å². The maximum Gasteiger partial charge on any atom is 0.266 e. The molecule has 5 nitrogen and oxygen atoms in total. The molecule has 0 spiro atoms. The van der Waals surface area contributed by atoms with E-state index in [0.717, 1.165) is 4.90 Å². The van der Waals surface area contributed by atoms with Crippen molar-refractivity contribution >= 4 is 34.8 Å². The van der Waals surface area contributed by atoms with Crippen molar-refractivity contribution in [3.05, 3.63) is 95.3 Å². The third-order valence-corrected chi connectivity index (χ3v) is 5.73. The van der Waals surface area contributed by atoms with E-state index in [1.165, 1.54) is 17.2 Å². The predicted molar refractivity (Wildman–Crippen MR) is 110 cm³/mol. The third-order valence-electron chi connectivity index (χ3n) is 5.41. The molecule has 2 aliphatic rings. The van der Waals surface area contributed by atoms with Crippen molar-refractivity contribution in [1.29, 1.82) is 0 Å². The zero-order valence-corrected chi connectivity index (χ0v) is 16.4. The van der Waals surface area contributed by atoms with E-state index in [9.17, 15) is 14.0 Å². The lowest BCUT2D eigenvalue weighted by molar-refractivity contribution is -0.126. The van der Waals surface area contributed by atoms with Crippen molar-refractivity contribution < 1.29 is 18.8 Å². The van der Waals surface area contributed by atoms with Crippen LogP contribution >= 0.6 is 11.6 Å². The number of carbonyl (C=O) groups excluding carboxylic acids is 2. The van der Waals surface area contributed by atoms with E-state index in [1.807, 2.05) is 30.3 Å². The minimum absolute atomic E-state index is 0.293. The Bertz CT molecular complexity index is 1140. The van der Waals surface area contributed by atoms with Crippen LogP contribution < -0.4 is 9.96 Å². The van der Waals surface area contributed by atoms with E-state index in [-0.39, 0.29) is 0 Å². The molecule has 0 N–H and O–H groups in total. The normalized spacial score (nSPS) is 23.2. The summed E-state index contributed by atoms with van der Waals surface area (Å²) < 4.78 is 14.0. The molecule has 5 rings (SSSR count). The molecule has 0 aromatic heterocycles. The van der Waals surface area contributed by atoms with E-state index < -0.39 is 35.7 Å². The quantitative estimate of drug-likeness (QED) is 0.582. The average Bonchev–Trinajstić information content (AvgIpc) is 3.26. The minimum atomic E-state index is -1.03. The standard InChI is InChI=1S/C23H16ClFN2O3/c24-17-11-4-5-12-18(17)26-22(28)19-20(14-7-6-8-15(25)13-14)27(30-21(19)23(26)29)16-9-2-1-3-10-16/h1-13,19-21H. The predicted octanol–water partition coefficient (Wildman–Crippen LogP) is 4.53. The highest BCUT2D eigenvalue weighted by molar-refractivity contribution is 6.36. The van der Waals surface area contributed by atoms with Crippen molar-refractivity contribution in [2.45, 2.75) is 12.1 Å². The molecule has 0 bridgehead atoms. The molecule has 2 amide bonds. The van der Waals surface area contributed by atoms with Crippen LogP contribution in [0, 0.1) is 11.7 Å². The summed E-state index contributed by atoms with van der Waals surface area (Å²) >= 11 is 6.24. The van der Waals surface area contributed by atoms with Crippen LogP contribution in [0.25, 0.3) is 0 Å². The number of hydrogen-bond donors (Lipinski definition) is 0. The summed E-state index contributed by atoms with van der Waals surface area (Å²) in [6.45, 7) is 0. The van der Waals surface area contributed by atoms with Gasteiger partial charge in [0.25, 0.3) is 5.91 Å². The van der Waals surface area contributed by atoms with E-state index >= 15 is 0 Å². The zero-order valence-electron chi connectivity index (χ0n) is 15.6. The van der Waals surface area contributed by atoms with Crippen molar-refractivity contribution in [1.82, 2.24) is 0 Å². The van der Waals surface area contributed by atoms with Crippen molar-refractivity contribution in [2.75, 3.05) is 9.96 Å². The maximum atomic E-state index is 14.0. The van der Waals surface area contributed by atoms with Crippen LogP contribution in [0.2, 0.25) is 5.02 Å². The number of imide groups is 1. The molecule has 30 heavy (non-hydrogen) atoms. The molecule has 3 unspecified atom stereocenters. The number of fused-ring (bicyclic) bond motifs is 1. The smallest absolute Gasteiger partial charge is 0.266 e. The highest BCUT2D eigenvalue weighted by atomic mass is 35.5. The van der Waals surface area contributed by atoms with Crippen molar-refractivity contribution in [3.8, 4) is 0 Å². The van der Waals surface area contributed by atoms with Crippen LogP contribution in [0.15, 0.2) is 78.9 Å². The lowest BCUT2D eigenvalue weighted by Crippen LogP contribution is -2.37. The van der Waals surface area contributed by atoms with Gasteiger partial charge in [-0.25, -0.2) is 14.4 Å². The number of para-hydroxylation sites is 2. The van der Waals surface area contributed by atoms with Gasteiger partial charge in [-0.2, -0.15) is 0 Å². The molecule has 2 fully saturated rings. The zero-order chi connectivity index (χ0) is 20.8.